The Morgan fingerprint density at radius 2 is 1.67 bits per heavy atom. The maximum atomic E-state index is 9.39. The molecule has 0 aromatic rings. The van der Waals surface area contributed by atoms with Crippen molar-refractivity contribution in [3.63, 3.8) is 0 Å². The standard InChI is InChI=1S/C8H16O4/c1-3-5-7(10)8(11)6(9)4(2)12-5/h4-11H,3H2,1-2H3/t4-,5+,6-,7+,8+/m1/s1. The number of aliphatic hydroxyl groups is 3. The van der Waals surface area contributed by atoms with Crippen LogP contribution < -0.4 is 0 Å². The Balaban J connectivity index is 2.63. The molecule has 12 heavy (non-hydrogen) atoms. The fraction of sp³-hybridized carbons (Fsp3) is 1.00. The summed E-state index contributed by atoms with van der Waals surface area (Å²) in [6.07, 6.45) is -3.18. The quantitative estimate of drug-likeness (QED) is 0.492. The molecule has 4 heteroatoms. The minimum Gasteiger partial charge on any atom is -0.388 e. The second kappa shape index (κ2) is 3.70. The molecule has 1 fully saturated rings. The lowest BCUT2D eigenvalue weighted by molar-refractivity contribution is -0.217. The molecule has 0 unspecified atom stereocenters. The van der Waals surface area contributed by atoms with E-state index in [4.69, 9.17) is 4.74 Å². The van der Waals surface area contributed by atoms with Gasteiger partial charge in [-0.05, 0) is 13.3 Å². The van der Waals surface area contributed by atoms with E-state index in [1.54, 1.807) is 6.92 Å². The fourth-order valence-electron chi connectivity index (χ4n) is 1.47. The molecule has 0 amide bonds. The summed E-state index contributed by atoms with van der Waals surface area (Å²) in [5, 5.41) is 28.0. The van der Waals surface area contributed by atoms with Crippen LogP contribution in [0.15, 0.2) is 0 Å². The van der Waals surface area contributed by atoms with Crippen LogP contribution in [0.4, 0.5) is 0 Å². The molecule has 0 spiro atoms. The summed E-state index contributed by atoms with van der Waals surface area (Å²) in [7, 11) is 0. The highest BCUT2D eigenvalue weighted by molar-refractivity contribution is 4.89. The molecule has 1 aliphatic heterocycles. The molecule has 5 atom stereocenters. The van der Waals surface area contributed by atoms with Crippen LogP contribution in [0.5, 0.6) is 0 Å². The summed E-state index contributed by atoms with van der Waals surface area (Å²) in [4.78, 5) is 0. The molecular weight excluding hydrogens is 160 g/mol. The van der Waals surface area contributed by atoms with E-state index in [-0.39, 0.29) is 6.10 Å². The van der Waals surface area contributed by atoms with Crippen LogP contribution >= 0.6 is 0 Å². The summed E-state index contributed by atoms with van der Waals surface area (Å²) in [6, 6.07) is 0. The van der Waals surface area contributed by atoms with Gasteiger partial charge in [0.05, 0.1) is 12.2 Å². The SMILES string of the molecule is CC[C@@H]1O[C@H](C)[C@@H](O)[C@H](O)[C@H]1O. The van der Waals surface area contributed by atoms with Gasteiger partial charge in [0, 0.05) is 0 Å². The Labute approximate surface area is 71.8 Å². The number of hydrogen-bond acceptors (Lipinski definition) is 4. The van der Waals surface area contributed by atoms with Crippen LogP contribution in [0, 0.1) is 0 Å². The van der Waals surface area contributed by atoms with E-state index in [0.717, 1.165) is 0 Å². The van der Waals surface area contributed by atoms with Crippen LogP contribution in [-0.4, -0.2) is 45.8 Å². The lowest BCUT2D eigenvalue weighted by Gasteiger charge is -2.39. The molecule has 0 aliphatic carbocycles. The van der Waals surface area contributed by atoms with Gasteiger partial charge in [-0.1, -0.05) is 6.92 Å². The summed E-state index contributed by atoms with van der Waals surface area (Å²) < 4.78 is 5.27. The largest absolute Gasteiger partial charge is 0.388 e. The highest BCUT2D eigenvalue weighted by atomic mass is 16.5. The maximum absolute atomic E-state index is 9.39. The average molecular weight is 176 g/mol. The van der Waals surface area contributed by atoms with Gasteiger partial charge in [-0.3, -0.25) is 0 Å². The zero-order valence-corrected chi connectivity index (χ0v) is 7.34. The molecule has 1 heterocycles. The summed E-state index contributed by atoms with van der Waals surface area (Å²) in [5.41, 5.74) is 0. The zero-order valence-electron chi connectivity index (χ0n) is 7.34. The summed E-state index contributed by atoms with van der Waals surface area (Å²) >= 11 is 0. The molecule has 4 nitrogen and oxygen atoms in total. The van der Waals surface area contributed by atoms with Gasteiger partial charge in [-0.25, -0.2) is 0 Å². The van der Waals surface area contributed by atoms with Gasteiger partial charge in [0.1, 0.15) is 18.3 Å². The first kappa shape index (κ1) is 9.92. The molecule has 0 bridgehead atoms. The van der Waals surface area contributed by atoms with Gasteiger partial charge in [-0.2, -0.15) is 0 Å². The number of hydrogen-bond donors (Lipinski definition) is 3. The first-order valence-corrected chi connectivity index (χ1v) is 4.27. The first-order chi connectivity index (χ1) is 5.57. The average Bonchev–Trinajstić information content (AvgIpc) is 2.08. The van der Waals surface area contributed by atoms with Gasteiger partial charge < -0.3 is 20.1 Å². The lowest BCUT2D eigenvalue weighted by Crippen LogP contribution is -2.56. The van der Waals surface area contributed by atoms with Gasteiger partial charge in [0.25, 0.3) is 0 Å². The Bertz CT molecular complexity index is 145. The molecule has 3 N–H and O–H groups in total. The van der Waals surface area contributed by atoms with Crippen molar-refractivity contribution in [1.82, 2.24) is 0 Å². The molecule has 72 valence electrons. The van der Waals surface area contributed by atoms with Crippen LogP contribution in [0.25, 0.3) is 0 Å². The Hall–Kier alpha value is -0.160. The van der Waals surface area contributed by atoms with Crippen molar-refractivity contribution in [2.24, 2.45) is 0 Å². The highest BCUT2D eigenvalue weighted by Crippen LogP contribution is 2.22. The minimum absolute atomic E-state index is 0.363. The molecule has 0 aromatic carbocycles. The topological polar surface area (TPSA) is 69.9 Å². The van der Waals surface area contributed by atoms with Crippen LogP contribution in [-0.2, 0) is 4.74 Å². The lowest BCUT2D eigenvalue weighted by atomic mass is 9.94. The van der Waals surface area contributed by atoms with Gasteiger partial charge in [-0.15, -0.1) is 0 Å². The zero-order chi connectivity index (χ0) is 9.30. The van der Waals surface area contributed by atoms with Crippen LogP contribution in [0.3, 0.4) is 0 Å². The Morgan fingerprint density at radius 1 is 1.08 bits per heavy atom. The number of rotatable bonds is 1. The van der Waals surface area contributed by atoms with Crippen molar-refractivity contribution < 1.29 is 20.1 Å². The minimum atomic E-state index is -1.08. The van der Waals surface area contributed by atoms with E-state index in [1.165, 1.54) is 0 Å². The van der Waals surface area contributed by atoms with E-state index in [2.05, 4.69) is 0 Å². The van der Waals surface area contributed by atoms with E-state index in [1.807, 2.05) is 6.92 Å². The molecule has 1 aliphatic rings. The third-order valence-electron chi connectivity index (χ3n) is 2.35. The van der Waals surface area contributed by atoms with Gasteiger partial charge in [0.2, 0.25) is 0 Å². The van der Waals surface area contributed by atoms with Crippen molar-refractivity contribution >= 4 is 0 Å². The predicted molar refractivity (Wildman–Crippen MR) is 42.6 cm³/mol. The Morgan fingerprint density at radius 3 is 2.17 bits per heavy atom. The maximum Gasteiger partial charge on any atom is 0.111 e. The molecule has 1 saturated heterocycles. The van der Waals surface area contributed by atoms with Crippen molar-refractivity contribution in [3.8, 4) is 0 Å². The summed E-state index contributed by atoms with van der Waals surface area (Å²) in [6.45, 7) is 3.55. The second-order valence-electron chi connectivity index (χ2n) is 3.26. The van der Waals surface area contributed by atoms with Crippen LogP contribution in [0.2, 0.25) is 0 Å². The van der Waals surface area contributed by atoms with Crippen molar-refractivity contribution in [1.29, 1.82) is 0 Å². The normalized spacial score (nSPS) is 49.2. The molecule has 0 radical (unpaired) electrons. The second-order valence-corrected chi connectivity index (χ2v) is 3.26. The monoisotopic (exact) mass is 176 g/mol. The van der Waals surface area contributed by atoms with Crippen molar-refractivity contribution in [2.75, 3.05) is 0 Å². The van der Waals surface area contributed by atoms with E-state index >= 15 is 0 Å². The van der Waals surface area contributed by atoms with E-state index in [0.29, 0.717) is 6.42 Å². The van der Waals surface area contributed by atoms with E-state index in [9.17, 15) is 15.3 Å². The molecule has 1 rings (SSSR count). The number of ether oxygens (including phenoxy) is 1. The molecule has 0 aromatic heterocycles. The predicted octanol–water partition coefficient (Wildman–Crippen LogP) is -0.734. The number of aliphatic hydroxyl groups excluding tert-OH is 3. The smallest absolute Gasteiger partial charge is 0.111 e. The fourth-order valence-corrected chi connectivity index (χ4v) is 1.47. The highest BCUT2D eigenvalue weighted by Gasteiger charge is 2.40. The molecule has 0 saturated carbocycles. The van der Waals surface area contributed by atoms with Gasteiger partial charge >= 0.3 is 0 Å². The molecular formula is C8H16O4. The van der Waals surface area contributed by atoms with Gasteiger partial charge in [0.15, 0.2) is 0 Å². The first-order valence-electron chi connectivity index (χ1n) is 4.27. The third kappa shape index (κ3) is 1.61. The Kier molecular flexibility index (Phi) is 3.06. The summed E-state index contributed by atoms with van der Waals surface area (Å²) in [5.74, 6) is 0. The van der Waals surface area contributed by atoms with Crippen molar-refractivity contribution in [2.45, 2.75) is 50.8 Å². The third-order valence-corrected chi connectivity index (χ3v) is 2.35. The van der Waals surface area contributed by atoms with Crippen LogP contribution in [0.1, 0.15) is 20.3 Å². The van der Waals surface area contributed by atoms with E-state index < -0.39 is 24.4 Å². The van der Waals surface area contributed by atoms with Crippen molar-refractivity contribution in [3.05, 3.63) is 0 Å².